The molecule has 5 rings (SSSR count). The summed E-state index contributed by atoms with van der Waals surface area (Å²) in [4.78, 5) is 21.7. The van der Waals surface area contributed by atoms with Crippen LogP contribution in [-0.4, -0.2) is 51.2 Å². The molecule has 1 unspecified atom stereocenters. The molecule has 1 amide bonds. The van der Waals surface area contributed by atoms with Crippen LogP contribution < -0.4 is 16.0 Å². The second-order valence-corrected chi connectivity index (χ2v) is 7.35. The summed E-state index contributed by atoms with van der Waals surface area (Å²) in [6.07, 6.45) is 0. The van der Waals surface area contributed by atoms with Gasteiger partial charge < -0.3 is 16.0 Å². The van der Waals surface area contributed by atoms with E-state index in [-0.39, 0.29) is 11.7 Å². The molecular weight excluding hydrogens is 409 g/mol. The minimum Gasteiger partial charge on any atom is -0.353 e. The van der Waals surface area contributed by atoms with Crippen molar-refractivity contribution in [3.63, 3.8) is 0 Å². The molecule has 0 saturated carbocycles. The molecular formula is C20H17ClFN7O. The Morgan fingerprint density at radius 1 is 1.13 bits per heavy atom. The molecule has 1 fully saturated rings. The molecule has 0 aliphatic carbocycles. The predicted molar refractivity (Wildman–Crippen MR) is 112 cm³/mol. The number of halogens is 2. The molecule has 2 aromatic carbocycles. The normalized spacial score (nSPS) is 17.1. The Kier molecular flexibility index (Phi) is 4.68. The fourth-order valence-electron chi connectivity index (χ4n) is 3.43. The van der Waals surface area contributed by atoms with Crippen molar-refractivity contribution in [3.05, 3.63) is 53.3 Å². The Labute approximate surface area is 175 Å². The summed E-state index contributed by atoms with van der Waals surface area (Å²) >= 11 is 6.44. The molecule has 1 atom stereocenters. The zero-order valence-corrected chi connectivity index (χ0v) is 16.4. The first-order valence-corrected chi connectivity index (χ1v) is 9.84. The molecule has 1 aliphatic rings. The molecule has 1 saturated heterocycles. The van der Waals surface area contributed by atoms with E-state index in [2.05, 4.69) is 31.0 Å². The first kappa shape index (κ1) is 18.7. The summed E-state index contributed by atoms with van der Waals surface area (Å²) in [5.41, 5.74) is 1.77. The monoisotopic (exact) mass is 425 g/mol. The van der Waals surface area contributed by atoms with E-state index < -0.39 is 6.04 Å². The van der Waals surface area contributed by atoms with Gasteiger partial charge in [0.05, 0.1) is 15.9 Å². The van der Waals surface area contributed by atoms with Gasteiger partial charge >= 0.3 is 0 Å². The van der Waals surface area contributed by atoms with Crippen molar-refractivity contribution < 1.29 is 9.18 Å². The van der Waals surface area contributed by atoms with E-state index >= 15 is 0 Å². The number of fused-ring (bicyclic) bond motifs is 3. The lowest BCUT2D eigenvalue weighted by molar-refractivity contribution is -0.121. The SMILES string of the molecule is O=C1NCCNCC1Nc1nc2cccc(Cl)c2c2nc(-c3ccc(F)cc3)nn12. The number of nitrogens with zero attached hydrogens (tertiary/aromatic N) is 4. The number of carbonyl (C=O) groups is 1. The number of anilines is 1. The van der Waals surface area contributed by atoms with Crippen LogP contribution >= 0.6 is 11.6 Å². The second kappa shape index (κ2) is 7.51. The van der Waals surface area contributed by atoms with Crippen molar-refractivity contribution >= 4 is 40.0 Å². The van der Waals surface area contributed by atoms with Crippen LogP contribution in [0.2, 0.25) is 5.02 Å². The van der Waals surface area contributed by atoms with Gasteiger partial charge in [0, 0.05) is 25.2 Å². The van der Waals surface area contributed by atoms with Crippen molar-refractivity contribution in [2.75, 3.05) is 25.0 Å². The molecule has 3 heterocycles. The summed E-state index contributed by atoms with van der Waals surface area (Å²) in [6, 6.07) is 10.8. The average Bonchev–Trinajstić information content (AvgIpc) is 3.08. The van der Waals surface area contributed by atoms with E-state index in [1.165, 1.54) is 16.6 Å². The summed E-state index contributed by atoms with van der Waals surface area (Å²) < 4.78 is 14.9. The van der Waals surface area contributed by atoms with Gasteiger partial charge in [0.2, 0.25) is 11.9 Å². The van der Waals surface area contributed by atoms with Crippen molar-refractivity contribution in [1.82, 2.24) is 30.2 Å². The number of benzene rings is 2. The van der Waals surface area contributed by atoms with Crippen LogP contribution in [-0.2, 0) is 4.79 Å². The topological polar surface area (TPSA) is 96.2 Å². The summed E-state index contributed by atoms with van der Waals surface area (Å²) in [7, 11) is 0. The molecule has 0 bridgehead atoms. The average molecular weight is 426 g/mol. The van der Waals surface area contributed by atoms with Gasteiger partial charge in [0.15, 0.2) is 11.5 Å². The lowest BCUT2D eigenvalue weighted by Gasteiger charge is -2.16. The Morgan fingerprint density at radius 3 is 2.80 bits per heavy atom. The molecule has 10 heteroatoms. The Bertz CT molecular complexity index is 1260. The second-order valence-electron chi connectivity index (χ2n) is 6.94. The highest BCUT2D eigenvalue weighted by Crippen LogP contribution is 2.29. The number of aromatic nitrogens is 4. The van der Waals surface area contributed by atoms with Gasteiger partial charge in [-0.05, 0) is 36.4 Å². The maximum atomic E-state index is 13.3. The third-order valence-corrected chi connectivity index (χ3v) is 5.24. The number of amides is 1. The van der Waals surface area contributed by atoms with E-state index in [0.717, 1.165) is 0 Å². The quantitative estimate of drug-likeness (QED) is 0.466. The van der Waals surface area contributed by atoms with Gasteiger partial charge in [0.25, 0.3) is 0 Å². The maximum absolute atomic E-state index is 13.3. The number of nitrogens with one attached hydrogen (secondary N) is 3. The Balaban J connectivity index is 1.68. The van der Waals surface area contributed by atoms with E-state index in [0.29, 0.717) is 58.5 Å². The molecule has 8 nitrogen and oxygen atoms in total. The molecule has 1 aliphatic heterocycles. The van der Waals surface area contributed by atoms with E-state index in [1.54, 1.807) is 24.3 Å². The number of hydrogen-bond acceptors (Lipinski definition) is 6. The standard InChI is InChI=1S/C20H17ClFN7O/c21-13-2-1-3-14-16(13)18-27-17(11-4-6-12(22)7-5-11)28-29(18)20(25-14)26-15-10-23-8-9-24-19(15)30/h1-7,15,23H,8-10H2,(H,24,30)(H,25,26). The molecule has 30 heavy (non-hydrogen) atoms. The van der Waals surface area contributed by atoms with E-state index in [9.17, 15) is 9.18 Å². The van der Waals surface area contributed by atoms with Crippen molar-refractivity contribution in [3.8, 4) is 11.4 Å². The van der Waals surface area contributed by atoms with Gasteiger partial charge in [-0.3, -0.25) is 4.79 Å². The molecule has 4 aromatic rings. The van der Waals surface area contributed by atoms with Crippen molar-refractivity contribution in [2.45, 2.75) is 6.04 Å². The highest BCUT2D eigenvalue weighted by molar-refractivity contribution is 6.36. The molecule has 0 radical (unpaired) electrons. The van der Waals surface area contributed by atoms with Crippen LogP contribution in [0.5, 0.6) is 0 Å². The van der Waals surface area contributed by atoms with Crippen molar-refractivity contribution in [2.24, 2.45) is 0 Å². The fraction of sp³-hybridized carbons (Fsp3) is 0.200. The zero-order chi connectivity index (χ0) is 20.7. The lowest BCUT2D eigenvalue weighted by atomic mass is 10.2. The lowest BCUT2D eigenvalue weighted by Crippen LogP contribution is -2.42. The molecule has 3 N–H and O–H groups in total. The van der Waals surface area contributed by atoms with Crippen LogP contribution in [0.3, 0.4) is 0 Å². The van der Waals surface area contributed by atoms with Crippen molar-refractivity contribution in [1.29, 1.82) is 0 Å². The summed E-state index contributed by atoms with van der Waals surface area (Å²) in [5.74, 6) is 0.298. The predicted octanol–water partition coefficient (Wildman–Crippen LogP) is 2.24. The first-order valence-electron chi connectivity index (χ1n) is 9.46. The molecule has 152 valence electrons. The van der Waals surface area contributed by atoms with E-state index in [4.69, 9.17) is 11.6 Å². The molecule has 0 spiro atoms. The first-order chi connectivity index (χ1) is 14.6. The number of rotatable bonds is 3. The van der Waals surface area contributed by atoms with Crippen LogP contribution in [0.15, 0.2) is 42.5 Å². The Hall–Kier alpha value is -3.30. The summed E-state index contributed by atoms with van der Waals surface area (Å²) in [6.45, 7) is 1.70. The van der Waals surface area contributed by atoms with Gasteiger partial charge in [-0.25, -0.2) is 14.4 Å². The van der Waals surface area contributed by atoms with Gasteiger partial charge in [-0.2, -0.15) is 4.52 Å². The summed E-state index contributed by atoms with van der Waals surface area (Å²) in [5, 5.41) is 14.9. The van der Waals surface area contributed by atoms with Gasteiger partial charge in [0.1, 0.15) is 11.9 Å². The van der Waals surface area contributed by atoms with E-state index in [1.807, 2.05) is 6.07 Å². The maximum Gasteiger partial charge on any atom is 0.243 e. The fourth-order valence-corrected chi connectivity index (χ4v) is 3.69. The highest BCUT2D eigenvalue weighted by atomic mass is 35.5. The zero-order valence-electron chi connectivity index (χ0n) is 15.7. The van der Waals surface area contributed by atoms with Crippen LogP contribution in [0.1, 0.15) is 0 Å². The van der Waals surface area contributed by atoms with Crippen LogP contribution in [0, 0.1) is 5.82 Å². The van der Waals surface area contributed by atoms with Gasteiger partial charge in [-0.15, -0.1) is 5.10 Å². The minimum atomic E-state index is -0.529. The largest absolute Gasteiger partial charge is 0.353 e. The minimum absolute atomic E-state index is 0.125. The highest BCUT2D eigenvalue weighted by Gasteiger charge is 2.24. The number of hydrogen-bond donors (Lipinski definition) is 3. The third kappa shape index (κ3) is 3.31. The number of carbonyl (C=O) groups excluding carboxylic acids is 1. The van der Waals surface area contributed by atoms with Gasteiger partial charge in [-0.1, -0.05) is 17.7 Å². The smallest absolute Gasteiger partial charge is 0.243 e. The Morgan fingerprint density at radius 2 is 1.97 bits per heavy atom. The van der Waals surface area contributed by atoms with Crippen LogP contribution in [0.25, 0.3) is 27.9 Å². The molecule has 2 aromatic heterocycles. The van der Waals surface area contributed by atoms with Crippen LogP contribution in [0.4, 0.5) is 10.3 Å². The third-order valence-electron chi connectivity index (χ3n) is 4.92.